The van der Waals surface area contributed by atoms with E-state index in [1.165, 1.54) is 29.2 Å². The number of methoxy groups -OCH3 is 1. The molecule has 0 saturated heterocycles. The molecule has 0 aliphatic heterocycles. The molecule has 3 heterocycles. The van der Waals surface area contributed by atoms with Crippen molar-refractivity contribution in [1.82, 2.24) is 24.3 Å². The lowest BCUT2D eigenvalue weighted by molar-refractivity contribution is 0.0598. The van der Waals surface area contributed by atoms with Crippen molar-refractivity contribution in [1.29, 1.82) is 0 Å². The highest BCUT2D eigenvalue weighted by Crippen LogP contribution is 2.36. The molecule has 0 atom stereocenters. The van der Waals surface area contributed by atoms with Gasteiger partial charge in [0.25, 0.3) is 11.4 Å². The van der Waals surface area contributed by atoms with Gasteiger partial charge in [0, 0.05) is 20.3 Å². The summed E-state index contributed by atoms with van der Waals surface area (Å²) in [7, 11) is 4.88. The third-order valence-electron chi connectivity index (χ3n) is 3.76. The number of hydrogen-bond acceptors (Lipinski definition) is 6. The molecule has 3 rings (SSSR count). The number of imidazole rings is 1. The first-order valence-corrected chi connectivity index (χ1v) is 8.26. The van der Waals surface area contributed by atoms with Gasteiger partial charge in [-0.3, -0.25) is 9.48 Å². The Morgan fingerprint density at radius 1 is 1.26 bits per heavy atom. The van der Waals surface area contributed by atoms with Crippen molar-refractivity contribution in [2.75, 3.05) is 12.0 Å². The smallest absolute Gasteiger partial charge is 0.419 e. The minimum atomic E-state index is -0.726. The average molecular weight is 374 g/mol. The fourth-order valence-corrected chi connectivity index (χ4v) is 2.71. The second-order valence-corrected chi connectivity index (χ2v) is 7.07. The van der Waals surface area contributed by atoms with Crippen LogP contribution in [-0.4, -0.2) is 43.1 Å². The molecular weight excluding hydrogens is 352 g/mol. The summed E-state index contributed by atoms with van der Waals surface area (Å²) in [4.78, 5) is 33.5. The molecule has 0 spiro atoms. The Kier molecular flexibility index (Phi) is 4.42. The first-order chi connectivity index (χ1) is 12.6. The van der Waals surface area contributed by atoms with E-state index in [-0.39, 0.29) is 11.4 Å². The van der Waals surface area contributed by atoms with Crippen molar-refractivity contribution in [2.24, 2.45) is 14.1 Å². The van der Waals surface area contributed by atoms with Gasteiger partial charge in [-0.05, 0) is 20.8 Å². The summed E-state index contributed by atoms with van der Waals surface area (Å²) in [6, 6.07) is 0. The molecule has 1 amide bonds. The largest absolute Gasteiger partial charge is 0.478 e. The summed E-state index contributed by atoms with van der Waals surface area (Å²) in [5.41, 5.74) is 0.382. The van der Waals surface area contributed by atoms with Crippen LogP contribution in [0.1, 0.15) is 20.8 Å². The number of H-pyrrole nitrogens is 1. The maximum Gasteiger partial charge on any atom is 0.419 e. The van der Waals surface area contributed by atoms with Crippen LogP contribution in [0.25, 0.3) is 11.0 Å². The van der Waals surface area contributed by atoms with Crippen LogP contribution in [0.5, 0.6) is 5.88 Å². The zero-order chi connectivity index (χ0) is 19.9. The van der Waals surface area contributed by atoms with Crippen LogP contribution in [0.4, 0.5) is 16.2 Å². The summed E-state index contributed by atoms with van der Waals surface area (Å²) in [5, 5.41) is 4.20. The van der Waals surface area contributed by atoms with Gasteiger partial charge < -0.3 is 19.0 Å². The molecule has 0 aliphatic carbocycles. The lowest BCUT2D eigenvalue weighted by atomic mass is 10.2. The predicted molar refractivity (Wildman–Crippen MR) is 99.5 cm³/mol. The van der Waals surface area contributed by atoms with E-state index >= 15 is 0 Å². The summed E-state index contributed by atoms with van der Waals surface area (Å²) >= 11 is 0. The molecule has 0 fully saturated rings. The molecule has 0 saturated carbocycles. The molecule has 0 radical (unpaired) electrons. The van der Waals surface area contributed by atoms with Crippen molar-refractivity contribution in [3.8, 4) is 5.88 Å². The van der Waals surface area contributed by atoms with Crippen molar-refractivity contribution >= 4 is 28.5 Å². The van der Waals surface area contributed by atoms with Gasteiger partial charge in [0.2, 0.25) is 0 Å². The summed E-state index contributed by atoms with van der Waals surface area (Å²) < 4.78 is 14.0. The highest BCUT2D eigenvalue weighted by molar-refractivity contribution is 6.04. The minimum Gasteiger partial charge on any atom is -0.478 e. The van der Waals surface area contributed by atoms with E-state index in [2.05, 4.69) is 15.1 Å². The number of aryl methyl sites for hydroxylation is 2. The zero-order valence-electron chi connectivity index (χ0n) is 16.1. The molecule has 10 nitrogen and oxygen atoms in total. The summed E-state index contributed by atoms with van der Waals surface area (Å²) in [6.07, 6.45) is 3.92. The van der Waals surface area contributed by atoms with E-state index < -0.39 is 11.7 Å². The van der Waals surface area contributed by atoms with Gasteiger partial charge in [-0.15, -0.1) is 5.10 Å². The number of hydrogen-bond donors (Lipinski definition) is 1. The Labute approximate surface area is 155 Å². The molecule has 10 heteroatoms. The highest BCUT2D eigenvalue weighted by Gasteiger charge is 2.31. The number of nitrogens with zero attached hydrogens (tertiary/aromatic N) is 5. The Morgan fingerprint density at radius 2 is 1.96 bits per heavy atom. The number of carbonyl (C=O) groups excluding carboxylic acids is 1. The van der Waals surface area contributed by atoms with E-state index in [0.29, 0.717) is 22.4 Å². The van der Waals surface area contributed by atoms with Crippen LogP contribution in [0.3, 0.4) is 0 Å². The van der Waals surface area contributed by atoms with E-state index in [0.717, 1.165) is 0 Å². The number of ether oxygens (including phenoxy) is 2. The van der Waals surface area contributed by atoms with Gasteiger partial charge >= 0.3 is 6.09 Å². The minimum absolute atomic E-state index is 0.235. The number of fused-ring (bicyclic) bond motifs is 1. The molecule has 27 heavy (non-hydrogen) atoms. The standard InChI is InChI=1S/C17H22N6O4/c1-17(2,3)27-16(25)23(11-8-22(5)20-15(11)26-6)10-7-18-14(24)13-12(10)19-9-21(13)4/h7-9H,1-6H3,(H,18,24). The van der Waals surface area contributed by atoms with Gasteiger partial charge in [-0.25, -0.2) is 14.7 Å². The summed E-state index contributed by atoms with van der Waals surface area (Å²) in [5.74, 6) is 0.235. The average Bonchev–Trinajstić information content (AvgIpc) is 3.12. The second kappa shape index (κ2) is 6.45. The van der Waals surface area contributed by atoms with Crippen LogP contribution in [0.2, 0.25) is 0 Å². The van der Waals surface area contributed by atoms with E-state index in [9.17, 15) is 9.59 Å². The fourth-order valence-electron chi connectivity index (χ4n) is 2.71. The quantitative estimate of drug-likeness (QED) is 0.752. The van der Waals surface area contributed by atoms with E-state index in [1.54, 1.807) is 45.6 Å². The number of carbonyl (C=O) groups is 1. The molecule has 0 unspecified atom stereocenters. The molecule has 0 aromatic carbocycles. The number of nitrogens with one attached hydrogen (secondary N) is 1. The topological polar surface area (TPSA) is 107 Å². The Morgan fingerprint density at radius 3 is 2.59 bits per heavy atom. The Balaban J connectivity index is 2.26. The Bertz CT molecular complexity index is 1060. The molecule has 0 aliphatic rings. The highest BCUT2D eigenvalue weighted by atomic mass is 16.6. The van der Waals surface area contributed by atoms with E-state index in [4.69, 9.17) is 9.47 Å². The van der Waals surface area contributed by atoms with Gasteiger partial charge in [0.15, 0.2) is 0 Å². The van der Waals surface area contributed by atoms with Crippen molar-refractivity contribution < 1.29 is 14.3 Å². The molecule has 3 aromatic rings. The van der Waals surface area contributed by atoms with Crippen LogP contribution in [0, 0.1) is 0 Å². The van der Waals surface area contributed by atoms with E-state index in [1.807, 2.05) is 0 Å². The lowest BCUT2D eigenvalue weighted by Crippen LogP contribution is -2.34. The summed E-state index contributed by atoms with van der Waals surface area (Å²) in [6.45, 7) is 5.31. The normalized spacial score (nSPS) is 11.6. The third-order valence-corrected chi connectivity index (χ3v) is 3.76. The number of aromatic nitrogens is 5. The number of rotatable bonds is 3. The van der Waals surface area contributed by atoms with Crippen molar-refractivity contribution in [3.05, 3.63) is 29.1 Å². The van der Waals surface area contributed by atoms with Gasteiger partial charge in [0.05, 0.1) is 25.3 Å². The van der Waals surface area contributed by atoms with Crippen LogP contribution < -0.4 is 15.2 Å². The van der Waals surface area contributed by atoms with Crippen molar-refractivity contribution in [3.63, 3.8) is 0 Å². The first kappa shape index (κ1) is 18.5. The number of pyridine rings is 1. The number of aromatic amines is 1. The third kappa shape index (κ3) is 3.37. The zero-order valence-corrected chi connectivity index (χ0v) is 16.1. The van der Waals surface area contributed by atoms with Crippen LogP contribution in [0.15, 0.2) is 23.5 Å². The molecule has 0 bridgehead atoms. The van der Waals surface area contributed by atoms with Crippen LogP contribution in [-0.2, 0) is 18.8 Å². The maximum absolute atomic E-state index is 13.1. The van der Waals surface area contributed by atoms with Gasteiger partial charge in [0.1, 0.15) is 22.3 Å². The van der Waals surface area contributed by atoms with Gasteiger partial charge in [-0.2, -0.15) is 0 Å². The predicted octanol–water partition coefficient (Wildman–Crippen LogP) is 2.08. The monoisotopic (exact) mass is 374 g/mol. The molecule has 3 aromatic heterocycles. The van der Waals surface area contributed by atoms with Crippen LogP contribution >= 0.6 is 0 Å². The Hall–Kier alpha value is -3.30. The second-order valence-electron chi connectivity index (χ2n) is 7.07. The maximum atomic E-state index is 13.1. The van der Waals surface area contributed by atoms with Gasteiger partial charge in [-0.1, -0.05) is 0 Å². The molecule has 1 N–H and O–H groups in total. The first-order valence-electron chi connectivity index (χ1n) is 8.26. The number of anilines is 2. The van der Waals surface area contributed by atoms with Crippen molar-refractivity contribution in [2.45, 2.75) is 26.4 Å². The molecular formula is C17H22N6O4. The SMILES string of the molecule is COc1nn(C)cc1N(C(=O)OC(C)(C)C)c1c[nH]c(=O)c2c1ncn2C. The lowest BCUT2D eigenvalue weighted by Gasteiger charge is -2.26. The fraction of sp³-hybridized carbons (Fsp3) is 0.412. The molecule has 144 valence electrons. The number of amides is 1.